The fourth-order valence-corrected chi connectivity index (χ4v) is 3.57. The van der Waals surface area contributed by atoms with Gasteiger partial charge in [-0.05, 0) is 30.7 Å². The Morgan fingerprint density at radius 3 is 2.62 bits per heavy atom. The number of nitrogens with zero attached hydrogens (tertiary/aromatic N) is 3. The van der Waals surface area contributed by atoms with Gasteiger partial charge in [0, 0.05) is 11.8 Å². The molecule has 0 aliphatic rings. The normalized spacial score (nSPS) is 11.1. The molecule has 10 heteroatoms. The number of hydrogen-bond donors (Lipinski definition) is 2. The highest BCUT2D eigenvalue weighted by Gasteiger charge is 2.22. The van der Waals surface area contributed by atoms with Gasteiger partial charge in [-0.3, -0.25) is 14.2 Å². The number of carbonyl (C=O) groups is 1. The van der Waals surface area contributed by atoms with E-state index in [9.17, 15) is 23.9 Å². The fraction of sp³-hybridized carbons (Fsp3) is 0.182. The molecule has 2 N–H and O–H groups in total. The summed E-state index contributed by atoms with van der Waals surface area (Å²) >= 11 is 0. The van der Waals surface area contributed by atoms with E-state index in [4.69, 9.17) is 0 Å². The minimum atomic E-state index is -0.783. The Bertz CT molecular complexity index is 1470. The van der Waals surface area contributed by atoms with E-state index in [1.165, 1.54) is 32.2 Å². The second-order valence-corrected chi connectivity index (χ2v) is 7.20. The van der Waals surface area contributed by atoms with Crippen molar-refractivity contribution in [3.8, 4) is 11.6 Å². The summed E-state index contributed by atoms with van der Waals surface area (Å²) in [5, 5.41) is 18.2. The molecule has 32 heavy (non-hydrogen) atoms. The van der Waals surface area contributed by atoms with Crippen LogP contribution in [0.25, 0.3) is 16.5 Å². The molecular formula is C22H19FN4O5. The van der Waals surface area contributed by atoms with Crippen LogP contribution in [0, 0.1) is 12.7 Å². The zero-order valence-electron chi connectivity index (χ0n) is 17.3. The molecular weight excluding hydrogens is 419 g/mol. The lowest BCUT2D eigenvalue weighted by Crippen LogP contribution is -2.27. The number of H-pyrrole nitrogens is 1. The average molecular weight is 438 g/mol. The predicted molar refractivity (Wildman–Crippen MR) is 114 cm³/mol. The van der Waals surface area contributed by atoms with E-state index in [1.807, 2.05) is 0 Å². The molecule has 2 heterocycles. The highest BCUT2D eigenvalue weighted by atomic mass is 19.1. The molecule has 4 aromatic rings. The third kappa shape index (κ3) is 3.55. The standard InChI is InChI=1S/C22H19FN4O5/c1-12-21(30)27(22(31)26(12)11-19(28)32-2)18-10-13(7-8-16(18)23)9-17-14-5-3-4-6-15(14)20(29)25-24-17/h3-8,10,30H,9,11H2,1-2H3,(H,25,29). The first-order chi connectivity index (χ1) is 15.3. The van der Waals surface area contributed by atoms with Crippen molar-refractivity contribution in [2.45, 2.75) is 19.9 Å². The molecule has 0 aliphatic carbocycles. The van der Waals surface area contributed by atoms with Crippen LogP contribution in [0.15, 0.2) is 52.1 Å². The van der Waals surface area contributed by atoms with Crippen LogP contribution in [0.5, 0.6) is 5.88 Å². The van der Waals surface area contributed by atoms with Gasteiger partial charge in [-0.15, -0.1) is 0 Å². The van der Waals surface area contributed by atoms with Gasteiger partial charge in [0.15, 0.2) is 0 Å². The smallest absolute Gasteiger partial charge is 0.336 e. The van der Waals surface area contributed by atoms with Crippen LogP contribution in [-0.2, 0) is 22.5 Å². The van der Waals surface area contributed by atoms with Crippen LogP contribution in [0.4, 0.5) is 4.39 Å². The number of aromatic nitrogens is 4. The number of benzene rings is 2. The maximum atomic E-state index is 14.7. The monoisotopic (exact) mass is 438 g/mol. The minimum Gasteiger partial charge on any atom is -0.493 e. The Morgan fingerprint density at radius 1 is 1.19 bits per heavy atom. The van der Waals surface area contributed by atoms with Crippen molar-refractivity contribution >= 4 is 16.7 Å². The number of ether oxygens (including phenoxy) is 1. The van der Waals surface area contributed by atoms with E-state index in [0.29, 0.717) is 22.0 Å². The summed E-state index contributed by atoms with van der Waals surface area (Å²) in [5.74, 6) is -1.90. The Labute approximate surface area is 180 Å². The first-order valence-corrected chi connectivity index (χ1v) is 9.64. The molecule has 0 atom stereocenters. The maximum absolute atomic E-state index is 14.7. The summed E-state index contributed by atoms with van der Waals surface area (Å²) in [6, 6.07) is 11.1. The van der Waals surface area contributed by atoms with Crippen LogP contribution in [0.1, 0.15) is 17.0 Å². The SMILES string of the molecule is COC(=O)Cn1c(C)c(O)n(-c2cc(Cc3n[nH]c(=O)c4ccccc34)ccc2F)c1=O. The highest BCUT2D eigenvalue weighted by molar-refractivity contribution is 5.83. The summed E-state index contributed by atoms with van der Waals surface area (Å²) in [6.07, 6.45) is 0.238. The summed E-state index contributed by atoms with van der Waals surface area (Å²) in [5.41, 5.74) is -0.0226. The number of imidazole rings is 1. The van der Waals surface area contributed by atoms with Gasteiger partial charge in [0.1, 0.15) is 12.4 Å². The summed E-state index contributed by atoms with van der Waals surface area (Å²) < 4.78 is 21.1. The molecule has 0 amide bonds. The number of esters is 1. The number of fused-ring (bicyclic) bond motifs is 1. The van der Waals surface area contributed by atoms with Crippen molar-refractivity contribution in [3.05, 3.63) is 86.1 Å². The molecule has 0 fully saturated rings. The molecule has 0 saturated carbocycles. The quantitative estimate of drug-likeness (QED) is 0.459. The molecule has 164 valence electrons. The first-order valence-electron chi connectivity index (χ1n) is 9.64. The number of aromatic amines is 1. The van der Waals surface area contributed by atoms with E-state index in [0.717, 1.165) is 9.13 Å². The predicted octanol–water partition coefficient (Wildman–Crippen LogP) is 1.79. The second kappa shape index (κ2) is 8.14. The maximum Gasteiger partial charge on any atom is 0.336 e. The third-order valence-electron chi connectivity index (χ3n) is 5.28. The van der Waals surface area contributed by atoms with Crippen molar-refractivity contribution in [2.24, 2.45) is 0 Å². The van der Waals surface area contributed by atoms with Crippen molar-refractivity contribution in [3.63, 3.8) is 0 Å². The Hall–Kier alpha value is -4.21. The molecule has 0 bridgehead atoms. The zero-order chi connectivity index (χ0) is 23.0. The Kier molecular flexibility index (Phi) is 5.35. The van der Waals surface area contributed by atoms with Crippen LogP contribution in [0.3, 0.4) is 0 Å². The van der Waals surface area contributed by atoms with Gasteiger partial charge >= 0.3 is 11.7 Å². The van der Waals surface area contributed by atoms with Gasteiger partial charge < -0.3 is 9.84 Å². The third-order valence-corrected chi connectivity index (χ3v) is 5.28. The number of rotatable bonds is 5. The van der Waals surface area contributed by atoms with Gasteiger partial charge in [-0.25, -0.2) is 18.9 Å². The molecule has 4 rings (SSSR count). The molecule has 0 saturated heterocycles. The van der Waals surface area contributed by atoms with E-state index in [-0.39, 0.29) is 23.4 Å². The highest BCUT2D eigenvalue weighted by Crippen LogP contribution is 2.24. The molecule has 0 unspecified atom stereocenters. The lowest BCUT2D eigenvalue weighted by molar-refractivity contribution is -0.141. The summed E-state index contributed by atoms with van der Waals surface area (Å²) in [4.78, 5) is 36.5. The van der Waals surface area contributed by atoms with Crippen LogP contribution in [-0.4, -0.2) is 37.5 Å². The second-order valence-electron chi connectivity index (χ2n) is 7.20. The van der Waals surface area contributed by atoms with Gasteiger partial charge in [0.25, 0.3) is 5.56 Å². The first kappa shape index (κ1) is 21.0. The Balaban J connectivity index is 1.80. The number of nitrogens with one attached hydrogen (secondary N) is 1. The van der Waals surface area contributed by atoms with Gasteiger partial charge in [-0.1, -0.05) is 24.3 Å². The van der Waals surface area contributed by atoms with Crippen LogP contribution < -0.4 is 11.2 Å². The lowest BCUT2D eigenvalue weighted by atomic mass is 10.0. The molecule has 2 aromatic carbocycles. The Morgan fingerprint density at radius 2 is 1.91 bits per heavy atom. The van der Waals surface area contributed by atoms with Gasteiger partial charge in [-0.2, -0.15) is 5.10 Å². The van der Waals surface area contributed by atoms with Crippen molar-refractivity contribution in [2.75, 3.05) is 7.11 Å². The summed E-state index contributed by atoms with van der Waals surface area (Å²) in [6.45, 7) is 1.02. The van der Waals surface area contributed by atoms with Crippen LogP contribution in [0.2, 0.25) is 0 Å². The lowest BCUT2D eigenvalue weighted by Gasteiger charge is -2.09. The van der Waals surface area contributed by atoms with Crippen molar-refractivity contribution in [1.82, 2.24) is 19.3 Å². The molecule has 0 aliphatic heterocycles. The van der Waals surface area contributed by atoms with E-state index in [1.54, 1.807) is 24.3 Å². The van der Waals surface area contributed by atoms with Crippen LogP contribution >= 0.6 is 0 Å². The fourth-order valence-electron chi connectivity index (χ4n) is 3.57. The topological polar surface area (TPSA) is 119 Å². The van der Waals surface area contributed by atoms with E-state index >= 15 is 0 Å². The van der Waals surface area contributed by atoms with Crippen molar-refractivity contribution in [1.29, 1.82) is 0 Å². The minimum absolute atomic E-state index is 0.0958. The number of halogens is 1. The molecule has 2 aromatic heterocycles. The van der Waals surface area contributed by atoms with Gasteiger partial charge in [0.05, 0.1) is 29.6 Å². The van der Waals surface area contributed by atoms with Gasteiger partial charge in [0.2, 0.25) is 5.88 Å². The van der Waals surface area contributed by atoms with E-state index in [2.05, 4.69) is 14.9 Å². The summed E-state index contributed by atoms with van der Waals surface area (Å²) in [7, 11) is 1.18. The molecule has 9 nitrogen and oxygen atoms in total. The number of hydrogen-bond acceptors (Lipinski definition) is 6. The molecule has 0 spiro atoms. The zero-order valence-corrected chi connectivity index (χ0v) is 17.3. The number of carbonyl (C=O) groups excluding carboxylic acids is 1. The largest absolute Gasteiger partial charge is 0.493 e. The number of aromatic hydroxyl groups is 1. The van der Waals surface area contributed by atoms with E-state index < -0.39 is 29.9 Å². The molecule has 0 radical (unpaired) electrons. The average Bonchev–Trinajstić information content (AvgIpc) is 3.00. The van der Waals surface area contributed by atoms with Crippen molar-refractivity contribution < 1.29 is 19.0 Å². The number of methoxy groups -OCH3 is 1.